The molecule has 0 unspecified atom stereocenters. The molecule has 94 valence electrons. The zero-order valence-electron chi connectivity index (χ0n) is 11.6. The molecular weight excluding hydrogens is 196 g/mol. The van der Waals surface area contributed by atoms with Crippen molar-refractivity contribution in [2.75, 3.05) is 19.6 Å². The third-order valence-electron chi connectivity index (χ3n) is 3.07. The highest BCUT2D eigenvalue weighted by molar-refractivity contribution is 4.75. The van der Waals surface area contributed by atoms with Crippen LogP contribution in [0.4, 0.5) is 0 Å². The first kappa shape index (κ1) is 15.4. The van der Waals surface area contributed by atoms with E-state index in [0.717, 1.165) is 26.1 Å². The van der Waals surface area contributed by atoms with Crippen LogP contribution < -0.4 is 0 Å². The molecule has 0 aromatic carbocycles. The molecule has 0 aliphatic carbocycles. The molecule has 0 bridgehead atoms. The molecule has 0 fully saturated rings. The first-order chi connectivity index (χ1) is 7.55. The highest BCUT2D eigenvalue weighted by Crippen LogP contribution is 2.24. The van der Waals surface area contributed by atoms with E-state index in [1.54, 1.807) is 0 Å². The topological polar surface area (TPSA) is 27.0 Å². The monoisotopic (exact) mass is 224 g/mol. The van der Waals surface area contributed by atoms with Crippen LogP contribution in [0, 0.1) is 16.7 Å². The van der Waals surface area contributed by atoms with Gasteiger partial charge in [0, 0.05) is 13.0 Å². The van der Waals surface area contributed by atoms with Gasteiger partial charge in [-0.25, -0.2) is 0 Å². The van der Waals surface area contributed by atoms with Crippen molar-refractivity contribution < 1.29 is 0 Å². The predicted molar refractivity (Wildman–Crippen MR) is 70.3 cm³/mol. The van der Waals surface area contributed by atoms with Gasteiger partial charge < -0.3 is 4.90 Å². The van der Waals surface area contributed by atoms with E-state index in [1.165, 1.54) is 19.3 Å². The third-order valence-corrected chi connectivity index (χ3v) is 3.07. The maximum atomic E-state index is 8.53. The fourth-order valence-electron chi connectivity index (χ4n) is 2.07. The van der Waals surface area contributed by atoms with Gasteiger partial charge in [0.05, 0.1) is 6.07 Å². The van der Waals surface area contributed by atoms with Gasteiger partial charge in [-0.2, -0.15) is 5.26 Å². The lowest BCUT2D eigenvalue weighted by molar-refractivity contribution is 0.171. The molecule has 0 radical (unpaired) electrons. The molecule has 16 heavy (non-hydrogen) atoms. The fraction of sp³-hybridized carbons (Fsp3) is 0.929. The van der Waals surface area contributed by atoms with Gasteiger partial charge in [0.15, 0.2) is 0 Å². The Morgan fingerprint density at radius 2 is 1.88 bits per heavy atom. The lowest BCUT2D eigenvalue weighted by Gasteiger charge is -2.32. The summed E-state index contributed by atoms with van der Waals surface area (Å²) in [5.41, 5.74) is 0.415. The van der Waals surface area contributed by atoms with Crippen molar-refractivity contribution in [1.82, 2.24) is 4.90 Å². The van der Waals surface area contributed by atoms with Gasteiger partial charge in [-0.3, -0.25) is 0 Å². The second-order valence-corrected chi connectivity index (χ2v) is 5.40. The molecular formula is C14H28N2. The first-order valence-corrected chi connectivity index (χ1v) is 6.65. The maximum Gasteiger partial charge on any atom is 0.0622 e. The second kappa shape index (κ2) is 8.58. The van der Waals surface area contributed by atoms with Gasteiger partial charge in [0.25, 0.3) is 0 Å². The molecule has 2 heteroatoms. The Kier molecular flexibility index (Phi) is 8.29. The number of nitriles is 1. The van der Waals surface area contributed by atoms with Crippen molar-refractivity contribution in [2.45, 2.75) is 59.8 Å². The Morgan fingerprint density at radius 3 is 2.38 bits per heavy atom. The van der Waals surface area contributed by atoms with E-state index in [0.29, 0.717) is 11.8 Å². The highest BCUT2D eigenvalue weighted by Gasteiger charge is 2.20. The second-order valence-electron chi connectivity index (χ2n) is 5.40. The lowest BCUT2D eigenvalue weighted by Crippen LogP contribution is -2.35. The van der Waals surface area contributed by atoms with Gasteiger partial charge in [0.2, 0.25) is 0 Å². The highest BCUT2D eigenvalue weighted by atomic mass is 15.1. The quantitative estimate of drug-likeness (QED) is 0.557. The van der Waals surface area contributed by atoms with Crippen molar-refractivity contribution in [2.24, 2.45) is 5.41 Å². The van der Waals surface area contributed by atoms with Crippen LogP contribution in [0.3, 0.4) is 0 Å². The number of nitrogens with zero attached hydrogens (tertiary/aromatic N) is 2. The summed E-state index contributed by atoms with van der Waals surface area (Å²) in [5, 5.41) is 8.53. The zero-order chi connectivity index (χ0) is 12.4. The molecule has 0 amide bonds. The van der Waals surface area contributed by atoms with Crippen LogP contribution in [0.1, 0.15) is 59.8 Å². The minimum absolute atomic E-state index is 0.415. The summed E-state index contributed by atoms with van der Waals surface area (Å²) in [7, 11) is 0. The Hall–Kier alpha value is -0.550. The molecule has 0 heterocycles. The summed E-state index contributed by atoms with van der Waals surface area (Å²) < 4.78 is 0. The van der Waals surface area contributed by atoms with Gasteiger partial charge in [0.1, 0.15) is 0 Å². The van der Waals surface area contributed by atoms with E-state index < -0.39 is 0 Å². The normalized spacial score (nSPS) is 11.8. The minimum Gasteiger partial charge on any atom is -0.303 e. The molecule has 0 rings (SSSR count). The van der Waals surface area contributed by atoms with E-state index in [4.69, 9.17) is 5.26 Å². The maximum absolute atomic E-state index is 8.53. The van der Waals surface area contributed by atoms with E-state index in [9.17, 15) is 0 Å². The van der Waals surface area contributed by atoms with Crippen LogP contribution in [0.15, 0.2) is 0 Å². The Morgan fingerprint density at radius 1 is 1.19 bits per heavy atom. The van der Waals surface area contributed by atoms with Crippen LogP contribution in [-0.2, 0) is 0 Å². The number of hydrogen-bond acceptors (Lipinski definition) is 2. The van der Waals surface area contributed by atoms with Crippen LogP contribution in [0.5, 0.6) is 0 Å². The number of unbranched alkanes of at least 4 members (excludes halogenated alkanes) is 2. The van der Waals surface area contributed by atoms with Gasteiger partial charge in [-0.05, 0) is 31.3 Å². The van der Waals surface area contributed by atoms with E-state index in [-0.39, 0.29) is 0 Å². The first-order valence-electron chi connectivity index (χ1n) is 6.65. The summed E-state index contributed by atoms with van der Waals surface area (Å²) in [6.45, 7) is 12.5. The summed E-state index contributed by atoms with van der Waals surface area (Å²) in [5.74, 6) is 0. The average Bonchev–Trinajstić information content (AvgIpc) is 2.25. The van der Waals surface area contributed by atoms with E-state index >= 15 is 0 Å². The smallest absolute Gasteiger partial charge is 0.0622 e. The average molecular weight is 224 g/mol. The van der Waals surface area contributed by atoms with Crippen molar-refractivity contribution in [3.8, 4) is 6.07 Å². The van der Waals surface area contributed by atoms with Crippen LogP contribution in [0.2, 0.25) is 0 Å². The van der Waals surface area contributed by atoms with E-state index in [2.05, 4.69) is 38.7 Å². The van der Waals surface area contributed by atoms with E-state index in [1.807, 2.05) is 0 Å². The van der Waals surface area contributed by atoms with Crippen molar-refractivity contribution in [1.29, 1.82) is 5.26 Å². The molecule has 0 aliphatic rings. The Labute approximate surface area is 102 Å². The third kappa shape index (κ3) is 7.70. The largest absolute Gasteiger partial charge is 0.303 e. The molecule has 2 nitrogen and oxygen atoms in total. The Bertz CT molecular complexity index is 203. The van der Waals surface area contributed by atoms with Crippen molar-refractivity contribution in [3.63, 3.8) is 0 Å². The molecule has 0 aromatic rings. The molecule has 0 aromatic heterocycles. The zero-order valence-corrected chi connectivity index (χ0v) is 11.6. The van der Waals surface area contributed by atoms with Gasteiger partial charge >= 0.3 is 0 Å². The SMILES string of the molecule is CCCCC(C)(C)CN(CC)CCCC#N. The summed E-state index contributed by atoms with van der Waals surface area (Å²) >= 11 is 0. The van der Waals surface area contributed by atoms with Gasteiger partial charge in [-0.1, -0.05) is 40.5 Å². The van der Waals surface area contributed by atoms with Crippen LogP contribution in [-0.4, -0.2) is 24.5 Å². The fourth-order valence-corrected chi connectivity index (χ4v) is 2.07. The summed E-state index contributed by atoms with van der Waals surface area (Å²) in [6.07, 6.45) is 5.60. The van der Waals surface area contributed by atoms with Crippen molar-refractivity contribution >= 4 is 0 Å². The predicted octanol–water partition coefficient (Wildman–Crippen LogP) is 3.83. The standard InChI is InChI=1S/C14H28N2/c1-5-7-10-14(3,4)13-16(6-2)12-9-8-11-15/h5-10,12-13H2,1-4H3. The number of rotatable bonds is 9. The molecule has 0 aliphatic heterocycles. The minimum atomic E-state index is 0.415. The number of hydrogen-bond donors (Lipinski definition) is 0. The lowest BCUT2D eigenvalue weighted by atomic mass is 9.86. The molecule has 0 atom stereocenters. The molecule has 0 saturated carbocycles. The van der Waals surface area contributed by atoms with Crippen molar-refractivity contribution in [3.05, 3.63) is 0 Å². The van der Waals surface area contributed by atoms with Gasteiger partial charge in [-0.15, -0.1) is 0 Å². The molecule has 0 saturated heterocycles. The van der Waals surface area contributed by atoms with Crippen LogP contribution in [0.25, 0.3) is 0 Å². The summed E-state index contributed by atoms with van der Waals surface area (Å²) in [6, 6.07) is 2.22. The Balaban J connectivity index is 3.94. The molecule has 0 spiro atoms. The molecule has 0 N–H and O–H groups in total. The summed E-state index contributed by atoms with van der Waals surface area (Å²) in [4.78, 5) is 2.48. The van der Waals surface area contributed by atoms with Crippen LogP contribution >= 0.6 is 0 Å².